The topological polar surface area (TPSA) is 15.3 Å². The van der Waals surface area contributed by atoms with Gasteiger partial charge in [0, 0.05) is 28.9 Å². The summed E-state index contributed by atoms with van der Waals surface area (Å²) in [6.07, 6.45) is 8.37. The van der Waals surface area contributed by atoms with E-state index in [1.165, 1.54) is 63.0 Å². The standard InChI is InChI=1S/C17H28N2S/c1-2-3-14-8-10-19(11-9-14)13-17-7-6-16(20-17)12-18-15-4-5-15/h6-7,14-15,18H,2-5,8-13H2,1H3. The number of nitrogens with zero attached hydrogens (tertiary/aromatic N) is 1. The zero-order chi connectivity index (χ0) is 13.8. The lowest BCUT2D eigenvalue weighted by molar-refractivity contribution is 0.173. The Morgan fingerprint density at radius 2 is 1.90 bits per heavy atom. The molecule has 3 heteroatoms. The summed E-state index contributed by atoms with van der Waals surface area (Å²) in [6, 6.07) is 5.48. The van der Waals surface area contributed by atoms with Crippen molar-refractivity contribution in [3.05, 3.63) is 21.9 Å². The van der Waals surface area contributed by atoms with Crippen LogP contribution in [0.15, 0.2) is 12.1 Å². The van der Waals surface area contributed by atoms with Crippen LogP contribution in [0.4, 0.5) is 0 Å². The van der Waals surface area contributed by atoms with Crippen LogP contribution in [0.25, 0.3) is 0 Å². The van der Waals surface area contributed by atoms with Crippen LogP contribution in [0, 0.1) is 5.92 Å². The van der Waals surface area contributed by atoms with Gasteiger partial charge in [0.2, 0.25) is 0 Å². The predicted molar refractivity (Wildman–Crippen MR) is 87.1 cm³/mol. The second-order valence-electron chi connectivity index (χ2n) is 6.53. The fourth-order valence-electron chi connectivity index (χ4n) is 3.20. The molecule has 0 atom stereocenters. The van der Waals surface area contributed by atoms with E-state index in [9.17, 15) is 0 Å². The maximum absolute atomic E-state index is 3.61. The summed E-state index contributed by atoms with van der Waals surface area (Å²) in [5.74, 6) is 0.998. The molecule has 1 N–H and O–H groups in total. The van der Waals surface area contributed by atoms with Crippen LogP contribution < -0.4 is 5.32 Å². The molecular formula is C17H28N2S. The van der Waals surface area contributed by atoms with Crippen molar-refractivity contribution in [3.8, 4) is 0 Å². The van der Waals surface area contributed by atoms with Gasteiger partial charge in [-0.25, -0.2) is 0 Å². The quantitative estimate of drug-likeness (QED) is 0.817. The molecule has 0 aromatic carbocycles. The third kappa shape index (κ3) is 4.31. The number of rotatable bonds is 7. The minimum atomic E-state index is 0.818. The van der Waals surface area contributed by atoms with Crippen molar-refractivity contribution in [2.45, 2.75) is 64.6 Å². The van der Waals surface area contributed by atoms with Gasteiger partial charge in [-0.15, -0.1) is 11.3 Å². The maximum atomic E-state index is 3.61. The van der Waals surface area contributed by atoms with E-state index in [0.29, 0.717) is 0 Å². The van der Waals surface area contributed by atoms with Crippen LogP contribution in [-0.2, 0) is 13.1 Å². The Labute approximate surface area is 127 Å². The molecular weight excluding hydrogens is 264 g/mol. The van der Waals surface area contributed by atoms with E-state index in [-0.39, 0.29) is 0 Å². The highest BCUT2D eigenvalue weighted by molar-refractivity contribution is 7.11. The molecule has 112 valence electrons. The predicted octanol–water partition coefficient (Wildman–Crippen LogP) is 4.01. The maximum Gasteiger partial charge on any atom is 0.0328 e. The molecule has 3 rings (SSSR count). The lowest BCUT2D eigenvalue weighted by Gasteiger charge is -2.31. The first-order chi connectivity index (χ1) is 9.83. The van der Waals surface area contributed by atoms with Crippen LogP contribution in [-0.4, -0.2) is 24.0 Å². The fourth-order valence-corrected chi connectivity index (χ4v) is 4.21. The molecule has 0 amide bonds. The molecule has 2 fully saturated rings. The first-order valence-corrected chi connectivity index (χ1v) is 9.18. The van der Waals surface area contributed by atoms with Gasteiger partial charge in [-0.1, -0.05) is 19.8 Å². The third-order valence-corrected chi connectivity index (χ3v) is 5.71. The summed E-state index contributed by atoms with van der Waals surface area (Å²) in [6.45, 7) is 7.17. The van der Waals surface area contributed by atoms with Gasteiger partial charge < -0.3 is 5.32 Å². The zero-order valence-corrected chi connectivity index (χ0v) is 13.6. The smallest absolute Gasteiger partial charge is 0.0328 e. The second-order valence-corrected chi connectivity index (χ2v) is 7.78. The Morgan fingerprint density at radius 1 is 1.15 bits per heavy atom. The van der Waals surface area contributed by atoms with Crippen LogP contribution >= 0.6 is 11.3 Å². The van der Waals surface area contributed by atoms with E-state index in [0.717, 1.165) is 18.5 Å². The lowest BCUT2D eigenvalue weighted by atomic mass is 9.92. The van der Waals surface area contributed by atoms with Crippen molar-refractivity contribution >= 4 is 11.3 Å². The zero-order valence-electron chi connectivity index (χ0n) is 12.7. The molecule has 0 spiro atoms. The molecule has 0 unspecified atom stereocenters. The van der Waals surface area contributed by atoms with Crippen LogP contribution in [0.1, 0.15) is 55.2 Å². The normalized spacial score (nSPS) is 21.4. The summed E-state index contributed by atoms with van der Waals surface area (Å²) in [7, 11) is 0. The molecule has 2 nitrogen and oxygen atoms in total. The van der Waals surface area contributed by atoms with Crippen molar-refractivity contribution in [1.29, 1.82) is 0 Å². The average Bonchev–Trinajstić information content (AvgIpc) is 3.19. The monoisotopic (exact) mass is 292 g/mol. The number of piperidine rings is 1. The van der Waals surface area contributed by atoms with E-state index < -0.39 is 0 Å². The van der Waals surface area contributed by atoms with Crippen LogP contribution in [0.3, 0.4) is 0 Å². The Balaban J connectivity index is 1.41. The van der Waals surface area contributed by atoms with Crippen molar-refractivity contribution < 1.29 is 0 Å². The molecule has 1 aliphatic carbocycles. The Morgan fingerprint density at radius 3 is 2.60 bits per heavy atom. The van der Waals surface area contributed by atoms with E-state index in [1.807, 2.05) is 11.3 Å². The highest BCUT2D eigenvalue weighted by Gasteiger charge is 2.21. The van der Waals surface area contributed by atoms with E-state index in [4.69, 9.17) is 0 Å². The Kier molecular flexibility index (Phi) is 5.14. The van der Waals surface area contributed by atoms with Crippen LogP contribution in [0.5, 0.6) is 0 Å². The SMILES string of the molecule is CCCC1CCN(Cc2ccc(CNC3CC3)s2)CC1. The summed E-state index contributed by atoms with van der Waals surface area (Å²) >= 11 is 2.00. The molecule has 0 bridgehead atoms. The first-order valence-electron chi connectivity index (χ1n) is 8.37. The molecule has 1 saturated heterocycles. The molecule has 20 heavy (non-hydrogen) atoms. The molecule has 2 aliphatic rings. The van der Waals surface area contributed by atoms with Gasteiger partial charge in [0.25, 0.3) is 0 Å². The van der Waals surface area contributed by atoms with Crippen molar-refractivity contribution in [3.63, 3.8) is 0 Å². The average molecular weight is 292 g/mol. The number of thiophene rings is 1. The van der Waals surface area contributed by atoms with Gasteiger partial charge in [0.1, 0.15) is 0 Å². The van der Waals surface area contributed by atoms with E-state index in [1.54, 1.807) is 4.88 Å². The molecule has 1 aromatic rings. The Hall–Kier alpha value is -0.380. The number of hydrogen-bond donors (Lipinski definition) is 1. The Bertz CT molecular complexity index is 403. The number of nitrogens with one attached hydrogen (secondary N) is 1. The second kappa shape index (κ2) is 7.06. The minimum absolute atomic E-state index is 0.818. The fraction of sp³-hybridized carbons (Fsp3) is 0.765. The highest BCUT2D eigenvalue weighted by Crippen LogP contribution is 2.25. The van der Waals surface area contributed by atoms with Gasteiger partial charge in [-0.3, -0.25) is 4.90 Å². The molecule has 1 saturated carbocycles. The van der Waals surface area contributed by atoms with Gasteiger partial charge in [0.05, 0.1) is 0 Å². The summed E-state index contributed by atoms with van der Waals surface area (Å²) in [5, 5.41) is 3.61. The van der Waals surface area contributed by atoms with Gasteiger partial charge in [-0.05, 0) is 56.8 Å². The molecule has 2 heterocycles. The summed E-state index contributed by atoms with van der Waals surface area (Å²) in [5.41, 5.74) is 0. The van der Waals surface area contributed by atoms with Crippen molar-refractivity contribution in [2.24, 2.45) is 5.92 Å². The third-order valence-electron chi connectivity index (χ3n) is 4.64. The van der Waals surface area contributed by atoms with E-state index >= 15 is 0 Å². The molecule has 1 aliphatic heterocycles. The summed E-state index contributed by atoms with van der Waals surface area (Å²) < 4.78 is 0. The number of likely N-dealkylation sites (tertiary alicyclic amines) is 1. The van der Waals surface area contributed by atoms with Gasteiger partial charge in [-0.2, -0.15) is 0 Å². The highest BCUT2D eigenvalue weighted by atomic mass is 32.1. The largest absolute Gasteiger partial charge is 0.309 e. The first kappa shape index (κ1) is 14.6. The van der Waals surface area contributed by atoms with Crippen LogP contribution in [0.2, 0.25) is 0 Å². The lowest BCUT2D eigenvalue weighted by Crippen LogP contribution is -2.32. The van der Waals surface area contributed by atoms with Gasteiger partial charge >= 0.3 is 0 Å². The minimum Gasteiger partial charge on any atom is -0.309 e. The molecule has 0 radical (unpaired) electrons. The van der Waals surface area contributed by atoms with Gasteiger partial charge in [0.15, 0.2) is 0 Å². The summed E-state index contributed by atoms with van der Waals surface area (Å²) in [4.78, 5) is 5.70. The molecule has 1 aromatic heterocycles. The van der Waals surface area contributed by atoms with E-state index in [2.05, 4.69) is 29.3 Å². The van der Waals surface area contributed by atoms with Crippen molar-refractivity contribution in [2.75, 3.05) is 13.1 Å². The van der Waals surface area contributed by atoms with Crippen molar-refractivity contribution in [1.82, 2.24) is 10.2 Å². The number of hydrogen-bond acceptors (Lipinski definition) is 3.